The SMILES string of the molecule is NCc1cccc(CNC(=O)C(=O)Nc2cccc(F)c2)c1. The molecular formula is C16H16FN3O2. The van der Waals surface area contributed by atoms with Gasteiger partial charge in [-0.3, -0.25) is 9.59 Å². The summed E-state index contributed by atoms with van der Waals surface area (Å²) in [4.78, 5) is 23.4. The topological polar surface area (TPSA) is 84.2 Å². The van der Waals surface area contributed by atoms with Crippen LogP contribution in [-0.4, -0.2) is 11.8 Å². The second-order valence-corrected chi connectivity index (χ2v) is 4.67. The lowest BCUT2D eigenvalue weighted by molar-refractivity contribution is -0.136. The van der Waals surface area contributed by atoms with Crippen molar-refractivity contribution in [1.29, 1.82) is 0 Å². The largest absolute Gasteiger partial charge is 0.344 e. The molecule has 0 aliphatic rings. The van der Waals surface area contributed by atoms with Gasteiger partial charge in [-0.05, 0) is 29.3 Å². The smallest absolute Gasteiger partial charge is 0.313 e. The van der Waals surface area contributed by atoms with Crippen LogP contribution in [0, 0.1) is 5.82 Å². The monoisotopic (exact) mass is 301 g/mol. The first-order chi connectivity index (χ1) is 10.6. The van der Waals surface area contributed by atoms with Crippen LogP contribution < -0.4 is 16.4 Å². The summed E-state index contributed by atoms with van der Waals surface area (Å²) in [5.41, 5.74) is 7.55. The van der Waals surface area contributed by atoms with E-state index in [9.17, 15) is 14.0 Å². The number of hydrogen-bond acceptors (Lipinski definition) is 3. The van der Waals surface area contributed by atoms with E-state index in [0.29, 0.717) is 6.54 Å². The van der Waals surface area contributed by atoms with Crippen molar-refractivity contribution in [3.63, 3.8) is 0 Å². The van der Waals surface area contributed by atoms with Gasteiger partial charge in [-0.1, -0.05) is 30.3 Å². The summed E-state index contributed by atoms with van der Waals surface area (Å²) < 4.78 is 13.0. The summed E-state index contributed by atoms with van der Waals surface area (Å²) in [6.45, 7) is 0.616. The molecule has 2 rings (SSSR count). The Kier molecular flexibility index (Phi) is 5.21. The quantitative estimate of drug-likeness (QED) is 0.749. The second kappa shape index (κ2) is 7.33. The molecule has 2 aromatic carbocycles. The zero-order valence-electron chi connectivity index (χ0n) is 11.8. The minimum atomic E-state index is -0.847. The lowest BCUT2D eigenvalue weighted by atomic mass is 10.1. The van der Waals surface area contributed by atoms with Crippen LogP contribution in [0.25, 0.3) is 0 Å². The maximum Gasteiger partial charge on any atom is 0.313 e. The van der Waals surface area contributed by atoms with E-state index in [2.05, 4.69) is 10.6 Å². The maximum atomic E-state index is 13.0. The van der Waals surface area contributed by atoms with Crippen LogP contribution in [0.15, 0.2) is 48.5 Å². The van der Waals surface area contributed by atoms with Crippen molar-refractivity contribution in [2.75, 3.05) is 5.32 Å². The van der Waals surface area contributed by atoms with Crippen LogP contribution >= 0.6 is 0 Å². The lowest BCUT2D eigenvalue weighted by Gasteiger charge is -2.07. The number of anilines is 1. The number of halogens is 1. The Bertz CT molecular complexity index is 689. The number of carbonyl (C=O) groups is 2. The number of hydrogen-bond donors (Lipinski definition) is 3. The summed E-state index contributed by atoms with van der Waals surface area (Å²) in [7, 11) is 0. The molecule has 4 N–H and O–H groups in total. The highest BCUT2D eigenvalue weighted by molar-refractivity contribution is 6.39. The fourth-order valence-corrected chi connectivity index (χ4v) is 1.88. The predicted molar refractivity (Wildman–Crippen MR) is 81.2 cm³/mol. The minimum absolute atomic E-state index is 0.212. The molecule has 0 heterocycles. The van der Waals surface area contributed by atoms with Gasteiger partial charge < -0.3 is 16.4 Å². The minimum Gasteiger partial charge on any atom is -0.344 e. The van der Waals surface area contributed by atoms with Crippen LogP contribution in [0.4, 0.5) is 10.1 Å². The fourth-order valence-electron chi connectivity index (χ4n) is 1.88. The molecule has 0 aliphatic carbocycles. The van der Waals surface area contributed by atoms with Gasteiger partial charge in [-0.25, -0.2) is 4.39 Å². The van der Waals surface area contributed by atoms with Crippen molar-refractivity contribution in [1.82, 2.24) is 5.32 Å². The summed E-state index contributed by atoms with van der Waals surface area (Å²) >= 11 is 0. The van der Waals surface area contributed by atoms with E-state index < -0.39 is 17.6 Å². The Balaban J connectivity index is 1.90. The molecule has 6 heteroatoms. The molecular weight excluding hydrogens is 285 g/mol. The Hall–Kier alpha value is -2.73. The van der Waals surface area contributed by atoms with Crippen molar-refractivity contribution < 1.29 is 14.0 Å². The summed E-state index contributed by atoms with van der Waals surface area (Å²) in [5.74, 6) is -2.13. The first-order valence-electron chi connectivity index (χ1n) is 6.71. The normalized spacial score (nSPS) is 10.1. The van der Waals surface area contributed by atoms with E-state index in [-0.39, 0.29) is 12.2 Å². The molecule has 114 valence electrons. The predicted octanol–water partition coefficient (Wildman–Crippen LogP) is 1.54. The number of nitrogens with one attached hydrogen (secondary N) is 2. The van der Waals surface area contributed by atoms with E-state index in [1.165, 1.54) is 18.2 Å². The summed E-state index contributed by atoms with van der Waals surface area (Å²) in [6, 6.07) is 12.7. The highest BCUT2D eigenvalue weighted by atomic mass is 19.1. The Morgan fingerprint density at radius 3 is 2.45 bits per heavy atom. The van der Waals surface area contributed by atoms with E-state index in [4.69, 9.17) is 5.73 Å². The Morgan fingerprint density at radius 1 is 1.00 bits per heavy atom. The lowest BCUT2D eigenvalue weighted by Crippen LogP contribution is -2.35. The Labute approximate surface area is 127 Å². The van der Waals surface area contributed by atoms with Gasteiger partial charge in [0.15, 0.2) is 0 Å². The standard InChI is InChI=1S/C16H16FN3O2/c17-13-5-2-6-14(8-13)20-16(22)15(21)19-10-12-4-1-3-11(7-12)9-18/h1-8H,9-10,18H2,(H,19,21)(H,20,22). The zero-order valence-corrected chi connectivity index (χ0v) is 11.8. The van der Waals surface area contributed by atoms with Crippen LogP contribution in [-0.2, 0) is 22.7 Å². The maximum absolute atomic E-state index is 13.0. The zero-order chi connectivity index (χ0) is 15.9. The molecule has 2 amide bonds. The first-order valence-corrected chi connectivity index (χ1v) is 6.71. The van der Waals surface area contributed by atoms with Crippen molar-refractivity contribution in [3.05, 3.63) is 65.5 Å². The summed E-state index contributed by atoms with van der Waals surface area (Å²) in [6.07, 6.45) is 0. The number of benzene rings is 2. The van der Waals surface area contributed by atoms with Crippen LogP contribution in [0.2, 0.25) is 0 Å². The number of nitrogens with two attached hydrogens (primary N) is 1. The van der Waals surface area contributed by atoms with Gasteiger partial charge in [-0.2, -0.15) is 0 Å². The molecule has 0 radical (unpaired) electrons. The van der Waals surface area contributed by atoms with Gasteiger partial charge in [0.1, 0.15) is 5.82 Å². The molecule has 0 saturated heterocycles. The molecule has 0 saturated carbocycles. The van der Waals surface area contributed by atoms with Crippen LogP contribution in [0.5, 0.6) is 0 Å². The van der Waals surface area contributed by atoms with Gasteiger partial charge in [-0.15, -0.1) is 0 Å². The fraction of sp³-hybridized carbons (Fsp3) is 0.125. The van der Waals surface area contributed by atoms with E-state index in [1.54, 1.807) is 0 Å². The van der Waals surface area contributed by atoms with Crippen LogP contribution in [0.1, 0.15) is 11.1 Å². The van der Waals surface area contributed by atoms with E-state index >= 15 is 0 Å². The first kappa shape index (κ1) is 15.7. The van der Waals surface area contributed by atoms with Crippen LogP contribution in [0.3, 0.4) is 0 Å². The molecule has 0 atom stereocenters. The number of carbonyl (C=O) groups excluding carboxylic acids is 2. The molecule has 0 fully saturated rings. The van der Waals surface area contributed by atoms with Gasteiger partial charge in [0.25, 0.3) is 0 Å². The van der Waals surface area contributed by atoms with Gasteiger partial charge in [0.05, 0.1) is 0 Å². The van der Waals surface area contributed by atoms with Crippen molar-refractivity contribution >= 4 is 17.5 Å². The molecule has 0 aliphatic heterocycles. The van der Waals surface area contributed by atoms with Gasteiger partial charge >= 0.3 is 11.8 Å². The van der Waals surface area contributed by atoms with Crippen molar-refractivity contribution in [2.24, 2.45) is 5.73 Å². The van der Waals surface area contributed by atoms with Gasteiger partial charge in [0, 0.05) is 18.8 Å². The van der Waals surface area contributed by atoms with Gasteiger partial charge in [0.2, 0.25) is 0 Å². The molecule has 0 unspecified atom stereocenters. The number of amides is 2. The molecule has 0 spiro atoms. The average Bonchev–Trinajstić information content (AvgIpc) is 2.52. The third-order valence-corrected chi connectivity index (χ3v) is 2.97. The molecule has 0 aromatic heterocycles. The highest BCUT2D eigenvalue weighted by Crippen LogP contribution is 2.09. The third-order valence-electron chi connectivity index (χ3n) is 2.97. The third kappa shape index (κ3) is 4.39. The Morgan fingerprint density at radius 2 is 1.73 bits per heavy atom. The number of rotatable bonds is 4. The molecule has 2 aromatic rings. The van der Waals surface area contributed by atoms with Crippen molar-refractivity contribution in [3.8, 4) is 0 Å². The average molecular weight is 301 g/mol. The summed E-state index contributed by atoms with van der Waals surface area (Å²) in [5, 5.41) is 4.83. The van der Waals surface area contributed by atoms with E-state index in [0.717, 1.165) is 17.2 Å². The highest BCUT2D eigenvalue weighted by Gasteiger charge is 2.13. The molecule has 0 bridgehead atoms. The van der Waals surface area contributed by atoms with E-state index in [1.807, 2.05) is 24.3 Å². The molecule has 22 heavy (non-hydrogen) atoms. The van der Waals surface area contributed by atoms with Crippen molar-refractivity contribution in [2.45, 2.75) is 13.1 Å². The second-order valence-electron chi connectivity index (χ2n) is 4.67. The molecule has 5 nitrogen and oxygen atoms in total.